The van der Waals surface area contributed by atoms with Crippen molar-refractivity contribution in [3.8, 4) is 0 Å². The summed E-state index contributed by atoms with van der Waals surface area (Å²) in [6.07, 6.45) is 5.82. The molecule has 1 saturated carbocycles. The first kappa shape index (κ1) is 10.8. The Morgan fingerprint density at radius 1 is 1.47 bits per heavy atom. The van der Waals surface area contributed by atoms with Crippen LogP contribution in [0.2, 0.25) is 0 Å². The van der Waals surface area contributed by atoms with Crippen LogP contribution in [0, 0.1) is 0 Å². The van der Waals surface area contributed by atoms with E-state index in [1.165, 1.54) is 6.39 Å². The van der Waals surface area contributed by atoms with Crippen molar-refractivity contribution in [1.29, 1.82) is 0 Å². The molecule has 1 atom stereocenters. The molecule has 0 unspecified atom stereocenters. The molecule has 1 aliphatic carbocycles. The number of nitrogens with one attached hydrogen (secondary N) is 1. The molecule has 1 aromatic heterocycles. The van der Waals surface area contributed by atoms with Gasteiger partial charge in [-0.05, 0) is 25.7 Å². The van der Waals surface area contributed by atoms with Gasteiger partial charge in [-0.15, -0.1) is 0 Å². The molecule has 0 aromatic carbocycles. The zero-order valence-electron chi connectivity index (χ0n) is 9.65. The van der Waals surface area contributed by atoms with Crippen LogP contribution in [0.25, 0.3) is 0 Å². The third-order valence-electron chi connectivity index (χ3n) is 3.27. The molecule has 17 heavy (non-hydrogen) atoms. The number of aromatic nitrogens is 1. The lowest BCUT2D eigenvalue weighted by molar-refractivity contribution is 0.0852. The summed E-state index contributed by atoms with van der Waals surface area (Å²) in [6.45, 7) is 1.37. The average Bonchev–Trinajstić information content (AvgIpc) is 2.88. The van der Waals surface area contributed by atoms with Crippen molar-refractivity contribution < 1.29 is 13.9 Å². The van der Waals surface area contributed by atoms with Crippen LogP contribution in [0.15, 0.2) is 10.8 Å². The lowest BCUT2D eigenvalue weighted by atomic mass is 10.2. The summed E-state index contributed by atoms with van der Waals surface area (Å²) in [5, 5.41) is 2.86. The molecule has 2 fully saturated rings. The third kappa shape index (κ3) is 2.34. The Hall–Kier alpha value is -1.36. The number of rotatable bonds is 4. The molecule has 1 N–H and O–H groups in total. The monoisotopic (exact) mass is 236 g/mol. The predicted octanol–water partition coefficient (Wildman–Crippen LogP) is 1.46. The molecule has 1 amide bonds. The molecule has 5 heteroatoms. The quantitative estimate of drug-likeness (QED) is 0.859. The minimum Gasteiger partial charge on any atom is -0.447 e. The lowest BCUT2D eigenvalue weighted by Gasteiger charge is -2.09. The van der Waals surface area contributed by atoms with Crippen LogP contribution in [0.5, 0.6) is 0 Å². The first-order chi connectivity index (χ1) is 8.34. The van der Waals surface area contributed by atoms with Crippen LogP contribution in [-0.2, 0) is 4.74 Å². The van der Waals surface area contributed by atoms with E-state index in [2.05, 4.69) is 10.3 Å². The smallest absolute Gasteiger partial charge is 0.273 e. The lowest BCUT2D eigenvalue weighted by Crippen LogP contribution is -2.32. The van der Waals surface area contributed by atoms with Crippen molar-refractivity contribution in [1.82, 2.24) is 10.3 Å². The van der Waals surface area contributed by atoms with E-state index in [0.29, 0.717) is 18.2 Å². The maximum atomic E-state index is 11.9. The van der Waals surface area contributed by atoms with Crippen LogP contribution < -0.4 is 5.32 Å². The molecule has 1 aromatic rings. The van der Waals surface area contributed by atoms with Gasteiger partial charge >= 0.3 is 0 Å². The van der Waals surface area contributed by atoms with Crippen molar-refractivity contribution in [2.24, 2.45) is 0 Å². The Balaban J connectivity index is 1.58. The van der Waals surface area contributed by atoms with Crippen LogP contribution in [0.3, 0.4) is 0 Å². The van der Waals surface area contributed by atoms with Gasteiger partial charge in [0.2, 0.25) is 0 Å². The number of carbonyl (C=O) groups is 1. The minimum absolute atomic E-state index is 0.142. The van der Waals surface area contributed by atoms with Gasteiger partial charge in [0.05, 0.1) is 6.10 Å². The zero-order valence-corrected chi connectivity index (χ0v) is 9.65. The van der Waals surface area contributed by atoms with Gasteiger partial charge in [-0.1, -0.05) is 0 Å². The number of hydrogen-bond donors (Lipinski definition) is 1. The van der Waals surface area contributed by atoms with Crippen molar-refractivity contribution >= 4 is 5.91 Å². The van der Waals surface area contributed by atoms with Crippen molar-refractivity contribution in [2.45, 2.75) is 37.7 Å². The fraction of sp³-hybridized carbons (Fsp3) is 0.667. The van der Waals surface area contributed by atoms with Gasteiger partial charge < -0.3 is 14.5 Å². The van der Waals surface area contributed by atoms with Gasteiger partial charge in [-0.2, -0.15) is 0 Å². The molecule has 0 spiro atoms. The van der Waals surface area contributed by atoms with Gasteiger partial charge in [0.1, 0.15) is 5.76 Å². The van der Waals surface area contributed by atoms with Crippen LogP contribution >= 0.6 is 0 Å². The molecule has 0 radical (unpaired) electrons. The zero-order chi connectivity index (χ0) is 11.7. The highest BCUT2D eigenvalue weighted by Gasteiger charge is 2.32. The van der Waals surface area contributed by atoms with E-state index in [-0.39, 0.29) is 12.0 Å². The first-order valence-corrected chi connectivity index (χ1v) is 6.18. The summed E-state index contributed by atoms with van der Waals surface area (Å²) in [5.74, 6) is 1.01. The number of nitrogens with zero attached hydrogens (tertiary/aromatic N) is 1. The normalized spacial score (nSPS) is 23.9. The molecular formula is C12H16N2O3. The molecule has 1 saturated heterocycles. The van der Waals surface area contributed by atoms with Gasteiger partial charge in [-0.25, -0.2) is 4.98 Å². The molecule has 2 heterocycles. The van der Waals surface area contributed by atoms with E-state index >= 15 is 0 Å². The van der Waals surface area contributed by atoms with E-state index in [1.807, 2.05) is 0 Å². The maximum Gasteiger partial charge on any atom is 0.273 e. The molecule has 92 valence electrons. The maximum absolute atomic E-state index is 11.9. The topological polar surface area (TPSA) is 64.4 Å². The largest absolute Gasteiger partial charge is 0.447 e. The predicted molar refractivity (Wildman–Crippen MR) is 59.8 cm³/mol. The SMILES string of the molecule is O=C(NC[C@@H]1CCCO1)c1ncoc1C1CC1. The van der Waals surface area contributed by atoms with E-state index in [4.69, 9.17) is 9.15 Å². The molecule has 2 aliphatic rings. The summed E-state index contributed by atoms with van der Waals surface area (Å²) in [6, 6.07) is 0. The van der Waals surface area contributed by atoms with E-state index in [0.717, 1.165) is 38.1 Å². The highest BCUT2D eigenvalue weighted by molar-refractivity contribution is 5.93. The summed E-state index contributed by atoms with van der Waals surface area (Å²) in [7, 11) is 0. The second-order valence-electron chi connectivity index (χ2n) is 4.68. The fourth-order valence-corrected chi connectivity index (χ4v) is 2.16. The number of ether oxygens (including phenoxy) is 1. The Labute approximate surface area is 99.5 Å². The minimum atomic E-state index is -0.142. The molecule has 3 rings (SSSR count). The van der Waals surface area contributed by atoms with Crippen LogP contribution in [-0.4, -0.2) is 30.1 Å². The van der Waals surface area contributed by atoms with Crippen LogP contribution in [0.4, 0.5) is 0 Å². The molecular weight excluding hydrogens is 220 g/mol. The van der Waals surface area contributed by atoms with Gasteiger partial charge in [0.15, 0.2) is 12.1 Å². The Morgan fingerprint density at radius 2 is 2.35 bits per heavy atom. The number of carbonyl (C=O) groups excluding carboxylic acids is 1. The van der Waals surface area contributed by atoms with E-state index < -0.39 is 0 Å². The van der Waals surface area contributed by atoms with Crippen molar-refractivity contribution in [2.75, 3.05) is 13.2 Å². The Bertz CT molecular complexity index is 406. The van der Waals surface area contributed by atoms with Crippen molar-refractivity contribution in [3.63, 3.8) is 0 Å². The highest BCUT2D eigenvalue weighted by atomic mass is 16.5. The van der Waals surface area contributed by atoms with Gasteiger partial charge in [-0.3, -0.25) is 4.79 Å². The molecule has 1 aliphatic heterocycles. The van der Waals surface area contributed by atoms with Crippen molar-refractivity contribution in [3.05, 3.63) is 17.8 Å². The highest BCUT2D eigenvalue weighted by Crippen LogP contribution is 2.41. The van der Waals surface area contributed by atoms with Gasteiger partial charge in [0.25, 0.3) is 5.91 Å². The molecule has 0 bridgehead atoms. The number of amides is 1. The Kier molecular flexibility index (Phi) is 2.84. The van der Waals surface area contributed by atoms with E-state index in [1.54, 1.807) is 0 Å². The summed E-state index contributed by atoms with van der Waals surface area (Å²) in [4.78, 5) is 15.9. The van der Waals surface area contributed by atoms with Gasteiger partial charge in [0, 0.05) is 19.1 Å². The second-order valence-corrected chi connectivity index (χ2v) is 4.68. The number of oxazole rings is 1. The fourth-order valence-electron chi connectivity index (χ4n) is 2.16. The summed E-state index contributed by atoms with van der Waals surface area (Å²) in [5.41, 5.74) is 0.450. The van der Waals surface area contributed by atoms with Crippen LogP contribution in [0.1, 0.15) is 47.8 Å². The Morgan fingerprint density at radius 3 is 3.06 bits per heavy atom. The molecule has 5 nitrogen and oxygen atoms in total. The average molecular weight is 236 g/mol. The van der Waals surface area contributed by atoms with E-state index in [9.17, 15) is 4.79 Å². The number of hydrogen-bond acceptors (Lipinski definition) is 4. The second kappa shape index (κ2) is 4.49. The first-order valence-electron chi connectivity index (χ1n) is 6.18. The summed E-state index contributed by atoms with van der Waals surface area (Å²) < 4.78 is 10.7. The standard InChI is InChI=1S/C12H16N2O3/c15-12(13-6-9-2-1-5-16-9)10-11(8-3-4-8)17-7-14-10/h7-9H,1-6H2,(H,13,15)/t9-/m0/s1. The summed E-state index contributed by atoms with van der Waals surface area (Å²) >= 11 is 0. The third-order valence-corrected chi connectivity index (χ3v) is 3.27.